The predicted molar refractivity (Wildman–Crippen MR) is 88.4 cm³/mol. The maximum atomic E-state index is 12.5. The number of carboxylic acids is 1. The molecule has 0 fully saturated rings. The van der Waals surface area contributed by atoms with Crippen LogP contribution in [-0.2, 0) is 16.0 Å². The first-order valence-electron chi connectivity index (χ1n) is 8.04. The van der Waals surface area contributed by atoms with Crippen LogP contribution in [0.4, 0.5) is 0 Å². The van der Waals surface area contributed by atoms with E-state index >= 15 is 0 Å². The summed E-state index contributed by atoms with van der Waals surface area (Å²) in [5.74, 6) is -0.965. The first-order chi connectivity index (χ1) is 11.0. The summed E-state index contributed by atoms with van der Waals surface area (Å²) in [5, 5.41) is 8.81. The van der Waals surface area contributed by atoms with Gasteiger partial charge in [-0.25, -0.2) is 0 Å². The summed E-state index contributed by atoms with van der Waals surface area (Å²) in [6, 6.07) is 6.06. The maximum Gasteiger partial charge on any atom is 0.320 e. The summed E-state index contributed by atoms with van der Waals surface area (Å²) >= 11 is 0. The van der Waals surface area contributed by atoms with Crippen LogP contribution in [-0.4, -0.2) is 29.2 Å². The number of carbonyl (C=O) groups excluding carboxylic acids is 2. The number of aliphatic carboxylic acids is 1. The molecule has 0 aliphatic carbocycles. The van der Waals surface area contributed by atoms with E-state index in [0.717, 1.165) is 37.5 Å². The number of Topliss-reactive ketones (excluding diaryl/α,β-unsaturated/α-hetero) is 1. The summed E-state index contributed by atoms with van der Waals surface area (Å²) in [6.07, 6.45) is 4.94. The quantitative estimate of drug-likeness (QED) is 0.371. The smallest absolute Gasteiger partial charge is 0.320 e. The zero-order chi connectivity index (χ0) is 17.2. The molecule has 0 aliphatic heterocycles. The van der Waals surface area contributed by atoms with Crippen molar-refractivity contribution < 1.29 is 19.5 Å². The van der Waals surface area contributed by atoms with Crippen LogP contribution in [0, 0.1) is 5.92 Å². The number of carboxylic acid groups (broad SMARTS) is 1. The number of aldehydes is 1. The van der Waals surface area contributed by atoms with Gasteiger partial charge in [0, 0.05) is 17.9 Å². The lowest BCUT2D eigenvalue weighted by atomic mass is 9.90. The van der Waals surface area contributed by atoms with Crippen molar-refractivity contribution in [3.8, 4) is 0 Å². The molecule has 0 aromatic heterocycles. The zero-order valence-electron chi connectivity index (χ0n) is 13.5. The van der Waals surface area contributed by atoms with E-state index in [4.69, 9.17) is 10.8 Å². The van der Waals surface area contributed by atoms with Gasteiger partial charge in [-0.15, -0.1) is 0 Å². The van der Waals surface area contributed by atoms with Gasteiger partial charge in [0.25, 0.3) is 0 Å². The maximum absolute atomic E-state index is 12.5. The van der Waals surface area contributed by atoms with Crippen molar-refractivity contribution in [1.29, 1.82) is 0 Å². The van der Waals surface area contributed by atoms with E-state index in [0.29, 0.717) is 12.0 Å². The Morgan fingerprint density at radius 2 is 1.87 bits per heavy atom. The highest BCUT2D eigenvalue weighted by Crippen LogP contribution is 2.20. The van der Waals surface area contributed by atoms with Crippen LogP contribution in [0.1, 0.15) is 54.9 Å². The summed E-state index contributed by atoms with van der Waals surface area (Å²) in [7, 11) is 0. The molecule has 0 saturated heterocycles. The summed E-state index contributed by atoms with van der Waals surface area (Å²) < 4.78 is 0. The number of hydrogen-bond acceptors (Lipinski definition) is 4. The van der Waals surface area contributed by atoms with Gasteiger partial charge in [-0.2, -0.15) is 0 Å². The molecule has 5 heteroatoms. The lowest BCUT2D eigenvalue weighted by Crippen LogP contribution is -2.32. The van der Waals surface area contributed by atoms with E-state index in [1.807, 2.05) is 6.92 Å². The normalized spacial score (nSPS) is 13.3. The van der Waals surface area contributed by atoms with E-state index < -0.39 is 12.0 Å². The largest absolute Gasteiger partial charge is 0.480 e. The second kappa shape index (κ2) is 9.90. The Morgan fingerprint density at radius 3 is 2.39 bits per heavy atom. The molecule has 3 N–H and O–H groups in total. The topological polar surface area (TPSA) is 97.5 Å². The van der Waals surface area contributed by atoms with Crippen LogP contribution in [0.15, 0.2) is 24.3 Å². The average molecular weight is 319 g/mol. The van der Waals surface area contributed by atoms with Crippen LogP contribution in [0.3, 0.4) is 0 Å². The second-order valence-electron chi connectivity index (χ2n) is 5.77. The van der Waals surface area contributed by atoms with Crippen molar-refractivity contribution in [3.63, 3.8) is 0 Å². The molecule has 0 bridgehead atoms. The van der Waals surface area contributed by atoms with Gasteiger partial charge in [0.05, 0.1) is 0 Å². The Bertz CT molecular complexity index is 524. The minimum atomic E-state index is -1.04. The van der Waals surface area contributed by atoms with Gasteiger partial charge in [0.15, 0.2) is 5.78 Å². The second-order valence-corrected chi connectivity index (χ2v) is 5.77. The van der Waals surface area contributed by atoms with E-state index in [9.17, 15) is 14.4 Å². The fourth-order valence-corrected chi connectivity index (χ4v) is 2.52. The number of nitrogens with two attached hydrogens (primary N) is 1. The zero-order valence-corrected chi connectivity index (χ0v) is 13.5. The molecule has 0 radical (unpaired) electrons. The highest BCUT2D eigenvalue weighted by molar-refractivity contribution is 5.97. The summed E-state index contributed by atoms with van der Waals surface area (Å²) in [4.78, 5) is 33.6. The van der Waals surface area contributed by atoms with Crippen LogP contribution >= 0.6 is 0 Å². The third-order valence-corrected chi connectivity index (χ3v) is 4.00. The van der Waals surface area contributed by atoms with Gasteiger partial charge in [-0.3, -0.25) is 9.59 Å². The molecule has 2 atom stereocenters. The SMILES string of the molecule is CCC(CCCCC=O)C(=O)c1ccc(CC(N)C(=O)O)cc1. The van der Waals surface area contributed by atoms with E-state index in [-0.39, 0.29) is 18.1 Å². The van der Waals surface area contributed by atoms with Crippen LogP contribution < -0.4 is 5.73 Å². The molecule has 0 saturated carbocycles. The lowest BCUT2D eigenvalue weighted by molar-refractivity contribution is -0.138. The molecule has 5 nitrogen and oxygen atoms in total. The Morgan fingerprint density at radius 1 is 1.22 bits per heavy atom. The fourth-order valence-electron chi connectivity index (χ4n) is 2.52. The third-order valence-electron chi connectivity index (χ3n) is 4.00. The molecule has 0 aliphatic rings. The summed E-state index contributed by atoms with van der Waals surface area (Å²) in [6.45, 7) is 1.99. The van der Waals surface area contributed by atoms with Crippen molar-refractivity contribution in [1.82, 2.24) is 0 Å². The van der Waals surface area contributed by atoms with Gasteiger partial charge in [-0.1, -0.05) is 37.6 Å². The van der Waals surface area contributed by atoms with Crippen molar-refractivity contribution >= 4 is 18.0 Å². The van der Waals surface area contributed by atoms with Gasteiger partial charge >= 0.3 is 5.97 Å². The van der Waals surface area contributed by atoms with Crippen LogP contribution in [0.5, 0.6) is 0 Å². The number of carbonyl (C=O) groups is 3. The lowest BCUT2D eigenvalue weighted by Gasteiger charge is -2.14. The molecule has 126 valence electrons. The average Bonchev–Trinajstić information content (AvgIpc) is 2.55. The molecule has 0 heterocycles. The Hall–Kier alpha value is -2.01. The van der Waals surface area contributed by atoms with Crippen molar-refractivity contribution in [2.24, 2.45) is 11.7 Å². The first-order valence-corrected chi connectivity index (χ1v) is 8.04. The monoisotopic (exact) mass is 319 g/mol. The first kappa shape index (κ1) is 19.0. The number of hydrogen-bond donors (Lipinski definition) is 2. The van der Waals surface area contributed by atoms with Crippen LogP contribution in [0.2, 0.25) is 0 Å². The molecule has 23 heavy (non-hydrogen) atoms. The highest BCUT2D eigenvalue weighted by atomic mass is 16.4. The molecule has 2 unspecified atom stereocenters. The highest BCUT2D eigenvalue weighted by Gasteiger charge is 2.18. The Kier molecular flexibility index (Phi) is 8.19. The van der Waals surface area contributed by atoms with Crippen molar-refractivity contribution in [2.75, 3.05) is 0 Å². The van der Waals surface area contributed by atoms with Crippen molar-refractivity contribution in [2.45, 2.75) is 51.5 Å². The molecular formula is C18H25NO4. The minimum Gasteiger partial charge on any atom is -0.480 e. The van der Waals surface area contributed by atoms with Crippen molar-refractivity contribution in [3.05, 3.63) is 35.4 Å². The van der Waals surface area contributed by atoms with E-state index in [1.54, 1.807) is 24.3 Å². The molecular weight excluding hydrogens is 294 g/mol. The fraction of sp³-hybridized carbons (Fsp3) is 0.500. The minimum absolute atomic E-state index is 0.0335. The molecule has 0 spiro atoms. The van der Waals surface area contributed by atoms with Gasteiger partial charge < -0.3 is 15.6 Å². The third kappa shape index (κ3) is 6.32. The van der Waals surface area contributed by atoms with E-state index in [2.05, 4.69) is 0 Å². The van der Waals surface area contributed by atoms with Gasteiger partial charge in [0.2, 0.25) is 0 Å². The molecule has 1 aromatic carbocycles. The molecule has 0 amide bonds. The van der Waals surface area contributed by atoms with Crippen LogP contribution in [0.25, 0.3) is 0 Å². The molecule has 1 aromatic rings. The number of unbranched alkanes of at least 4 members (excludes halogenated alkanes) is 2. The Labute approximate surface area is 136 Å². The number of benzene rings is 1. The van der Waals surface area contributed by atoms with Gasteiger partial charge in [0.1, 0.15) is 12.3 Å². The summed E-state index contributed by atoms with van der Waals surface area (Å²) in [5.41, 5.74) is 6.94. The van der Waals surface area contributed by atoms with Gasteiger partial charge in [-0.05, 0) is 31.2 Å². The number of rotatable bonds is 11. The van der Waals surface area contributed by atoms with E-state index in [1.165, 1.54) is 0 Å². The Balaban J connectivity index is 2.64. The standard InChI is InChI=1S/C18H25NO4/c1-2-14(6-4-3-5-11-20)17(21)15-9-7-13(8-10-15)12-16(19)18(22)23/h7-11,14,16H,2-6,12,19H2,1H3,(H,22,23). The molecule has 1 rings (SSSR count). The number of ketones is 1. The predicted octanol–water partition coefficient (Wildman–Crippen LogP) is 2.61.